The summed E-state index contributed by atoms with van der Waals surface area (Å²) in [7, 11) is -1.39. The summed E-state index contributed by atoms with van der Waals surface area (Å²) < 4.78 is 28.6. The van der Waals surface area contributed by atoms with Crippen molar-refractivity contribution in [2.24, 2.45) is 0 Å². The Balaban J connectivity index is 2.14. The van der Waals surface area contributed by atoms with Gasteiger partial charge in [0.2, 0.25) is 0 Å². The van der Waals surface area contributed by atoms with Crippen LogP contribution in [0.15, 0.2) is 23.1 Å². The SMILES string of the molecule is CN1CCC(OC(=O)c2cc(N)cc(S(C)(=O)=O)c2)CC1. The zero-order chi connectivity index (χ0) is 15.6. The highest BCUT2D eigenvalue weighted by atomic mass is 32.2. The average Bonchev–Trinajstić information content (AvgIpc) is 2.39. The molecule has 0 amide bonds. The molecule has 1 aromatic carbocycles. The van der Waals surface area contributed by atoms with Crippen LogP contribution in [0.25, 0.3) is 0 Å². The second-order valence-corrected chi connectivity index (χ2v) is 7.49. The molecule has 0 unspecified atom stereocenters. The number of nitrogen functional groups attached to an aromatic ring is 1. The molecule has 7 heteroatoms. The van der Waals surface area contributed by atoms with Crippen LogP contribution in [0, 0.1) is 0 Å². The van der Waals surface area contributed by atoms with Gasteiger partial charge in [0.15, 0.2) is 9.84 Å². The molecule has 1 saturated heterocycles. The number of rotatable bonds is 3. The lowest BCUT2D eigenvalue weighted by Crippen LogP contribution is -2.35. The molecule has 1 aliphatic rings. The van der Waals surface area contributed by atoms with E-state index >= 15 is 0 Å². The first kappa shape index (κ1) is 15.8. The number of piperidine rings is 1. The van der Waals surface area contributed by atoms with Crippen LogP contribution in [0.5, 0.6) is 0 Å². The molecule has 116 valence electrons. The number of ether oxygens (including phenoxy) is 1. The topological polar surface area (TPSA) is 89.7 Å². The number of likely N-dealkylation sites (tertiary alicyclic amines) is 1. The third kappa shape index (κ3) is 4.18. The Morgan fingerprint density at radius 2 is 1.90 bits per heavy atom. The van der Waals surface area contributed by atoms with E-state index in [0.29, 0.717) is 0 Å². The first-order valence-electron chi connectivity index (χ1n) is 6.76. The number of nitrogens with zero attached hydrogens (tertiary/aromatic N) is 1. The van der Waals surface area contributed by atoms with Gasteiger partial charge in [0.25, 0.3) is 0 Å². The number of nitrogens with two attached hydrogens (primary N) is 1. The van der Waals surface area contributed by atoms with E-state index in [1.165, 1.54) is 18.2 Å². The minimum absolute atomic E-state index is 0.0258. The zero-order valence-corrected chi connectivity index (χ0v) is 13.0. The summed E-state index contributed by atoms with van der Waals surface area (Å²) in [5, 5.41) is 0. The van der Waals surface area contributed by atoms with Crippen LogP contribution in [-0.2, 0) is 14.6 Å². The molecule has 1 fully saturated rings. The fourth-order valence-electron chi connectivity index (χ4n) is 2.28. The van der Waals surface area contributed by atoms with Crippen LogP contribution >= 0.6 is 0 Å². The first-order valence-corrected chi connectivity index (χ1v) is 8.65. The maximum Gasteiger partial charge on any atom is 0.338 e. The summed E-state index contributed by atoms with van der Waals surface area (Å²) in [5.41, 5.74) is 6.07. The van der Waals surface area contributed by atoms with E-state index in [4.69, 9.17) is 10.5 Å². The summed E-state index contributed by atoms with van der Waals surface area (Å²) >= 11 is 0. The lowest BCUT2D eigenvalue weighted by atomic mass is 10.1. The van der Waals surface area contributed by atoms with Gasteiger partial charge in [-0.2, -0.15) is 0 Å². The summed E-state index contributed by atoms with van der Waals surface area (Å²) in [4.78, 5) is 14.3. The fraction of sp³-hybridized carbons (Fsp3) is 0.500. The van der Waals surface area contributed by atoms with Gasteiger partial charge in [-0.25, -0.2) is 13.2 Å². The van der Waals surface area contributed by atoms with E-state index in [1.807, 2.05) is 7.05 Å². The molecule has 0 spiro atoms. The standard InChI is InChI=1S/C14H20N2O4S/c1-16-5-3-12(4-6-16)20-14(17)10-7-11(15)9-13(8-10)21(2,18)19/h7-9,12H,3-6,15H2,1-2H3. The Kier molecular flexibility index (Phi) is 4.53. The Bertz CT molecular complexity index is 634. The maximum absolute atomic E-state index is 12.1. The van der Waals surface area contributed by atoms with Gasteiger partial charge < -0.3 is 15.4 Å². The van der Waals surface area contributed by atoms with Crippen molar-refractivity contribution < 1.29 is 17.9 Å². The predicted octanol–water partition coefficient (Wildman–Crippen LogP) is 0.923. The van der Waals surface area contributed by atoms with Crippen LogP contribution < -0.4 is 5.73 Å². The molecule has 0 aromatic heterocycles. The van der Waals surface area contributed by atoms with Crippen LogP contribution in [0.4, 0.5) is 5.69 Å². The number of sulfone groups is 1. The molecule has 1 aliphatic heterocycles. The molecule has 0 bridgehead atoms. The second kappa shape index (κ2) is 6.03. The minimum Gasteiger partial charge on any atom is -0.459 e. The molecule has 0 aliphatic carbocycles. The lowest BCUT2D eigenvalue weighted by Gasteiger charge is -2.28. The van der Waals surface area contributed by atoms with E-state index in [1.54, 1.807) is 0 Å². The van der Waals surface area contributed by atoms with Crippen molar-refractivity contribution in [3.63, 3.8) is 0 Å². The summed E-state index contributed by atoms with van der Waals surface area (Å²) in [5.74, 6) is -0.526. The van der Waals surface area contributed by atoms with Crippen molar-refractivity contribution in [1.29, 1.82) is 0 Å². The number of hydrogen-bond donors (Lipinski definition) is 1. The van der Waals surface area contributed by atoms with E-state index < -0.39 is 15.8 Å². The molecule has 21 heavy (non-hydrogen) atoms. The summed E-state index contributed by atoms with van der Waals surface area (Å²) in [6.45, 7) is 1.76. The van der Waals surface area contributed by atoms with Crippen LogP contribution in [0.2, 0.25) is 0 Å². The van der Waals surface area contributed by atoms with Crippen molar-refractivity contribution in [2.75, 3.05) is 32.1 Å². The lowest BCUT2D eigenvalue weighted by molar-refractivity contribution is 0.0139. The number of hydrogen-bond acceptors (Lipinski definition) is 6. The molecule has 2 N–H and O–H groups in total. The maximum atomic E-state index is 12.1. The van der Waals surface area contributed by atoms with E-state index in [2.05, 4.69) is 4.90 Å². The van der Waals surface area contributed by atoms with Crippen molar-refractivity contribution in [3.8, 4) is 0 Å². The third-order valence-corrected chi connectivity index (χ3v) is 4.62. The van der Waals surface area contributed by atoms with Gasteiger partial charge in [-0.15, -0.1) is 0 Å². The van der Waals surface area contributed by atoms with Crippen molar-refractivity contribution >= 4 is 21.5 Å². The number of carbonyl (C=O) groups excluding carboxylic acids is 1. The van der Waals surface area contributed by atoms with Gasteiger partial charge in [-0.1, -0.05) is 0 Å². The normalized spacial score (nSPS) is 17.6. The van der Waals surface area contributed by atoms with E-state index in [-0.39, 0.29) is 22.3 Å². The van der Waals surface area contributed by atoms with Crippen LogP contribution in [0.1, 0.15) is 23.2 Å². The fourth-order valence-corrected chi connectivity index (χ4v) is 2.97. The Morgan fingerprint density at radius 1 is 1.29 bits per heavy atom. The number of anilines is 1. The molecular weight excluding hydrogens is 292 g/mol. The van der Waals surface area contributed by atoms with Crippen LogP contribution in [0.3, 0.4) is 0 Å². The summed E-state index contributed by atoms with van der Waals surface area (Å²) in [6.07, 6.45) is 2.51. The molecule has 2 rings (SSSR count). The van der Waals surface area contributed by atoms with E-state index in [9.17, 15) is 13.2 Å². The molecular formula is C14H20N2O4S. The third-order valence-electron chi connectivity index (χ3n) is 3.53. The van der Waals surface area contributed by atoms with Gasteiger partial charge in [0.05, 0.1) is 10.5 Å². The van der Waals surface area contributed by atoms with Gasteiger partial charge in [0, 0.05) is 25.0 Å². The molecule has 0 atom stereocenters. The van der Waals surface area contributed by atoms with Gasteiger partial charge in [-0.3, -0.25) is 0 Å². The molecule has 6 nitrogen and oxygen atoms in total. The Hall–Kier alpha value is -1.60. The highest BCUT2D eigenvalue weighted by Gasteiger charge is 2.22. The Labute approximate surface area is 124 Å². The van der Waals surface area contributed by atoms with E-state index in [0.717, 1.165) is 32.2 Å². The second-order valence-electron chi connectivity index (χ2n) is 5.47. The number of carbonyl (C=O) groups is 1. The zero-order valence-electron chi connectivity index (χ0n) is 12.2. The molecule has 1 aromatic rings. The van der Waals surface area contributed by atoms with Gasteiger partial charge in [0.1, 0.15) is 6.10 Å². The summed E-state index contributed by atoms with van der Waals surface area (Å²) in [6, 6.07) is 4.08. The van der Waals surface area contributed by atoms with Crippen molar-refractivity contribution in [1.82, 2.24) is 4.90 Å². The Morgan fingerprint density at radius 3 is 2.48 bits per heavy atom. The quantitative estimate of drug-likeness (QED) is 0.659. The minimum atomic E-state index is -3.42. The average molecular weight is 312 g/mol. The van der Waals surface area contributed by atoms with Gasteiger partial charge in [-0.05, 0) is 38.1 Å². The van der Waals surface area contributed by atoms with Crippen molar-refractivity contribution in [3.05, 3.63) is 23.8 Å². The van der Waals surface area contributed by atoms with Gasteiger partial charge >= 0.3 is 5.97 Å². The molecule has 1 heterocycles. The highest BCUT2D eigenvalue weighted by Crippen LogP contribution is 2.20. The molecule has 0 saturated carbocycles. The predicted molar refractivity (Wildman–Crippen MR) is 79.9 cm³/mol. The smallest absolute Gasteiger partial charge is 0.338 e. The number of esters is 1. The van der Waals surface area contributed by atoms with Crippen molar-refractivity contribution in [2.45, 2.75) is 23.8 Å². The largest absolute Gasteiger partial charge is 0.459 e. The monoisotopic (exact) mass is 312 g/mol. The first-order chi connectivity index (χ1) is 9.75. The number of benzene rings is 1. The molecule has 0 radical (unpaired) electrons. The van der Waals surface area contributed by atoms with Crippen LogP contribution in [-0.4, -0.2) is 51.8 Å². The highest BCUT2D eigenvalue weighted by molar-refractivity contribution is 7.90.